The monoisotopic (exact) mass is 157 g/mol. The summed E-state index contributed by atoms with van der Waals surface area (Å²) in [6.07, 6.45) is 1.42. The number of rotatable bonds is 3. The van der Waals surface area contributed by atoms with E-state index < -0.39 is 5.76 Å². The van der Waals surface area contributed by atoms with Gasteiger partial charge < -0.3 is 10.2 Å². The molecule has 0 spiro atoms. The molecule has 0 fully saturated rings. The molecule has 0 aliphatic rings. The second kappa shape index (κ2) is 3.34. The minimum Gasteiger partial charge on any atom is -0.392 e. The van der Waals surface area contributed by atoms with Gasteiger partial charge in [0.05, 0.1) is 0 Å². The molecule has 0 atom stereocenters. The normalized spacial score (nSPS) is 10.4. The maximum atomic E-state index is 10.7. The van der Waals surface area contributed by atoms with E-state index in [1.54, 1.807) is 7.05 Å². The third-order valence-corrected chi connectivity index (χ3v) is 1.33. The molecule has 5 heteroatoms. The third-order valence-electron chi connectivity index (χ3n) is 1.33. The summed E-state index contributed by atoms with van der Waals surface area (Å²) in [7, 11) is 1.55. The van der Waals surface area contributed by atoms with E-state index >= 15 is 0 Å². The molecule has 2 N–H and O–H groups in total. The van der Waals surface area contributed by atoms with Crippen molar-refractivity contribution in [2.24, 2.45) is 12.8 Å². The van der Waals surface area contributed by atoms with Gasteiger partial charge in [0.2, 0.25) is 5.89 Å². The molecular weight excluding hydrogens is 146 g/mol. The standard InChI is InChI=1S/C6H11N3O2/c1-9-6(10)11-5(8-9)3-2-4-7/h2-4,7H2,1H3. The molecule has 1 heterocycles. The highest BCUT2D eigenvalue weighted by molar-refractivity contribution is 4.74. The van der Waals surface area contributed by atoms with Crippen LogP contribution < -0.4 is 11.5 Å². The number of hydrogen-bond donors (Lipinski definition) is 1. The summed E-state index contributed by atoms with van der Waals surface area (Å²) in [6, 6.07) is 0. The summed E-state index contributed by atoms with van der Waals surface area (Å²) in [5.74, 6) is 0.0416. The zero-order valence-corrected chi connectivity index (χ0v) is 6.41. The van der Waals surface area contributed by atoms with E-state index in [-0.39, 0.29) is 0 Å². The molecule has 0 saturated carbocycles. The van der Waals surface area contributed by atoms with Crippen LogP contribution in [0.25, 0.3) is 0 Å². The van der Waals surface area contributed by atoms with E-state index in [9.17, 15) is 4.79 Å². The van der Waals surface area contributed by atoms with Gasteiger partial charge in [-0.25, -0.2) is 4.79 Å². The number of nitrogens with two attached hydrogens (primary N) is 1. The zero-order valence-electron chi connectivity index (χ0n) is 6.41. The van der Waals surface area contributed by atoms with E-state index in [0.717, 1.165) is 6.42 Å². The van der Waals surface area contributed by atoms with Crippen LogP contribution in [-0.4, -0.2) is 16.3 Å². The lowest BCUT2D eigenvalue weighted by atomic mass is 10.3. The molecule has 0 aliphatic carbocycles. The quantitative estimate of drug-likeness (QED) is 0.627. The van der Waals surface area contributed by atoms with Crippen molar-refractivity contribution in [2.45, 2.75) is 12.8 Å². The molecular formula is C6H11N3O2. The molecule has 1 aromatic rings. The lowest BCUT2D eigenvalue weighted by molar-refractivity contribution is 0.450. The summed E-state index contributed by atoms with van der Waals surface area (Å²) in [5, 5.41) is 3.83. The maximum Gasteiger partial charge on any atom is 0.436 e. The number of aryl methyl sites for hydroxylation is 2. The molecule has 0 bridgehead atoms. The van der Waals surface area contributed by atoms with Gasteiger partial charge in [0.25, 0.3) is 0 Å². The van der Waals surface area contributed by atoms with E-state index in [2.05, 4.69) is 5.10 Å². The highest BCUT2D eigenvalue weighted by Gasteiger charge is 2.02. The summed E-state index contributed by atoms with van der Waals surface area (Å²) in [4.78, 5) is 10.7. The van der Waals surface area contributed by atoms with Crippen LogP contribution >= 0.6 is 0 Å². The first-order chi connectivity index (χ1) is 5.24. The SMILES string of the molecule is Cn1nc(CCCN)oc1=O. The van der Waals surface area contributed by atoms with E-state index in [0.29, 0.717) is 18.9 Å². The second-order valence-corrected chi connectivity index (χ2v) is 2.28. The Labute approximate surface area is 63.8 Å². The minimum absolute atomic E-state index is 0.419. The van der Waals surface area contributed by atoms with Gasteiger partial charge in [-0.15, -0.1) is 5.10 Å². The van der Waals surface area contributed by atoms with Gasteiger partial charge in [-0.05, 0) is 13.0 Å². The molecule has 5 nitrogen and oxygen atoms in total. The van der Waals surface area contributed by atoms with Gasteiger partial charge in [0.15, 0.2) is 0 Å². The van der Waals surface area contributed by atoms with Crippen molar-refractivity contribution < 1.29 is 4.42 Å². The largest absolute Gasteiger partial charge is 0.436 e. The predicted molar refractivity (Wildman–Crippen MR) is 39.1 cm³/mol. The Balaban J connectivity index is 2.65. The lowest BCUT2D eigenvalue weighted by Gasteiger charge is -1.88. The molecule has 11 heavy (non-hydrogen) atoms. The molecule has 0 amide bonds. The Bertz CT molecular complexity index is 276. The molecule has 1 rings (SSSR count). The van der Waals surface area contributed by atoms with Gasteiger partial charge in [0.1, 0.15) is 0 Å². The fourth-order valence-electron chi connectivity index (χ4n) is 0.750. The average Bonchev–Trinajstić information content (AvgIpc) is 2.28. The Kier molecular flexibility index (Phi) is 2.43. The molecule has 0 aromatic carbocycles. The van der Waals surface area contributed by atoms with Crippen LogP contribution in [0.2, 0.25) is 0 Å². The highest BCUT2D eigenvalue weighted by atomic mass is 16.4. The topological polar surface area (TPSA) is 74.1 Å². The van der Waals surface area contributed by atoms with Crippen LogP contribution in [0.1, 0.15) is 12.3 Å². The molecule has 0 saturated heterocycles. The van der Waals surface area contributed by atoms with Crippen LogP contribution in [0, 0.1) is 0 Å². The zero-order chi connectivity index (χ0) is 8.27. The van der Waals surface area contributed by atoms with Crippen molar-refractivity contribution in [2.75, 3.05) is 6.54 Å². The van der Waals surface area contributed by atoms with Crippen molar-refractivity contribution in [3.8, 4) is 0 Å². The molecule has 0 radical (unpaired) electrons. The van der Waals surface area contributed by atoms with Gasteiger partial charge in [-0.3, -0.25) is 0 Å². The van der Waals surface area contributed by atoms with Crippen LogP contribution in [0.15, 0.2) is 9.21 Å². The van der Waals surface area contributed by atoms with Gasteiger partial charge >= 0.3 is 5.76 Å². The van der Waals surface area contributed by atoms with Crippen molar-refractivity contribution in [1.82, 2.24) is 9.78 Å². The molecule has 0 unspecified atom stereocenters. The van der Waals surface area contributed by atoms with E-state index in [1.165, 1.54) is 4.68 Å². The highest BCUT2D eigenvalue weighted by Crippen LogP contribution is 1.93. The predicted octanol–water partition coefficient (Wildman–Crippen LogP) is -0.735. The van der Waals surface area contributed by atoms with Gasteiger partial charge in [-0.1, -0.05) is 0 Å². The fraction of sp³-hybridized carbons (Fsp3) is 0.667. The van der Waals surface area contributed by atoms with Crippen molar-refractivity contribution in [3.05, 3.63) is 16.4 Å². The van der Waals surface area contributed by atoms with Crippen LogP contribution in [0.5, 0.6) is 0 Å². The maximum absolute atomic E-state index is 10.7. The summed E-state index contributed by atoms with van der Waals surface area (Å²) in [6.45, 7) is 0.584. The second-order valence-electron chi connectivity index (χ2n) is 2.28. The summed E-state index contributed by atoms with van der Waals surface area (Å²) >= 11 is 0. The Morgan fingerprint density at radius 1 is 1.73 bits per heavy atom. The molecule has 0 aliphatic heterocycles. The van der Waals surface area contributed by atoms with Crippen LogP contribution in [0.3, 0.4) is 0 Å². The fourth-order valence-corrected chi connectivity index (χ4v) is 0.750. The Morgan fingerprint density at radius 3 is 2.91 bits per heavy atom. The van der Waals surface area contributed by atoms with E-state index in [4.69, 9.17) is 10.2 Å². The van der Waals surface area contributed by atoms with E-state index in [1.807, 2.05) is 0 Å². The average molecular weight is 157 g/mol. The first-order valence-corrected chi connectivity index (χ1v) is 3.47. The first kappa shape index (κ1) is 8.00. The number of nitrogens with zero attached hydrogens (tertiary/aromatic N) is 2. The third kappa shape index (κ3) is 1.91. The summed E-state index contributed by atoms with van der Waals surface area (Å²) < 4.78 is 5.93. The van der Waals surface area contributed by atoms with Gasteiger partial charge in [0, 0.05) is 13.5 Å². The van der Waals surface area contributed by atoms with Crippen LogP contribution in [0.4, 0.5) is 0 Å². The molecule has 1 aromatic heterocycles. The Hall–Kier alpha value is -1.10. The first-order valence-electron chi connectivity index (χ1n) is 3.47. The van der Waals surface area contributed by atoms with Crippen molar-refractivity contribution in [1.29, 1.82) is 0 Å². The molecule has 62 valence electrons. The van der Waals surface area contributed by atoms with Crippen molar-refractivity contribution in [3.63, 3.8) is 0 Å². The van der Waals surface area contributed by atoms with Crippen LogP contribution in [-0.2, 0) is 13.5 Å². The van der Waals surface area contributed by atoms with Gasteiger partial charge in [-0.2, -0.15) is 4.68 Å². The minimum atomic E-state index is -0.419. The summed E-state index contributed by atoms with van der Waals surface area (Å²) in [5.41, 5.74) is 5.27. The van der Waals surface area contributed by atoms with Crippen molar-refractivity contribution >= 4 is 0 Å². The number of aromatic nitrogens is 2. The lowest BCUT2D eigenvalue weighted by Crippen LogP contribution is -2.09. The smallest absolute Gasteiger partial charge is 0.392 e. The Morgan fingerprint density at radius 2 is 2.45 bits per heavy atom. The number of hydrogen-bond acceptors (Lipinski definition) is 4.